The molecular weight excluding hydrogens is 364 g/mol. The smallest absolute Gasteiger partial charge is 0.257 e. The van der Waals surface area contributed by atoms with Gasteiger partial charge in [0.15, 0.2) is 0 Å². The molecule has 2 aromatic rings. The molecule has 2 amide bonds. The third kappa shape index (κ3) is 3.32. The molecule has 0 saturated carbocycles. The normalized spacial score (nSPS) is 19.0. The third-order valence-electron chi connectivity index (χ3n) is 5.42. The van der Waals surface area contributed by atoms with Gasteiger partial charge in [-0.05, 0) is 49.6 Å². The molecule has 7 heteroatoms. The lowest BCUT2D eigenvalue weighted by Crippen LogP contribution is -2.53. The SMILES string of the molecule is CN1c2cc(C(=O)Nc3cc(F)cc(F)c3)ccc2C(=O)N2CCCCC[C@H]21. The average Bonchev–Trinajstić information content (AvgIpc) is 2.91. The summed E-state index contributed by atoms with van der Waals surface area (Å²) in [6.07, 6.45) is 4.02. The van der Waals surface area contributed by atoms with E-state index in [0.717, 1.165) is 50.4 Å². The number of hydrogen-bond acceptors (Lipinski definition) is 3. The Balaban J connectivity index is 1.63. The highest BCUT2D eigenvalue weighted by Crippen LogP contribution is 2.34. The maximum absolute atomic E-state index is 13.4. The molecule has 5 nitrogen and oxygen atoms in total. The van der Waals surface area contributed by atoms with Crippen LogP contribution in [-0.4, -0.2) is 36.5 Å². The number of carbonyl (C=O) groups excluding carboxylic acids is 2. The maximum atomic E-state index is 13.4. The highest BCUT2D eigenvalue weighted by Gasteiger charge is 2.36. The lowest BCUT2D eigenvalue weighted by atomic mass is 10.0. The van der Waals surface area contributed by atoms with Crippen LogP contribution in [0.15, 0.2) is 36.4 Å². The van der Waals surface area contributed by atoms with Gasteiger partial charge in [0, 0.05) is 30.9 Å². The van der Waals surface area contributed by atoms with E-state index in [1.165, 1.54) is 0 Å². The van der Waals surface area contributed by atoms with Crippen molar-refractivity contribution in [3.8, 4) is 0 Å². The lowest BCUT2D eigenvalue weighted by molar-refractivity contribution is 0.0661. The van der Waals surface area contributed by atoms with Gasteiger partial charge < -0.3 is 15.1 Å². The van der Waals surface area contributed by atoms with Crippen molar-refractivity contribution in [3.63, 3.8) is 0 Å². The number of halogens is 2. The molecule has 2 aliphatic heterocycles. The van der Waals surface area contributed by atoms with Crippen LogP contribution < -0.4 is 10.2 Å². The first-order chi connectivity index (χ1) is 13.4. The van der Waals surface area contributed by atoms with Crippen LogP contribution in [0.2, 0.25) is 0 Å². The van der Waals surface area contributed by atoms with Crippen molar-refractivity contribution < 1.29 is 18.4 Å². The summed E-state index contributed by atoms with van der Waals surface area (Å²) in [5.41, 5.74) is 1.63. The predicted octanol–water partition coefficient (Wildman–Crippen LogP) is 4.01. The van der Waals surface area contributed by atoms with E-state index in [9.17, 15) is 18.4 Å². The van der Waals surface area contributed by atoms with Gasteiger partial charge in [0.2, 0.25) is 0 Å². The Hall–Kier alpha value is -2.96. The van der Waals surface area contributed by atoms with Crippen LogP contribution in [0.5, 0.6) is 0 Å². The highest BCUT2D eigenvalue weighted by atomic mass is 19.1. The third-order valence-corrected chi connectivity index (χ3v) is 5.42. The van der Waals surface area contributed by atoms with E-state index in [1.807, 2.05) is 16.8 Å². The van der Waals surface area contributed by atoms with Crippen LogP contribution >= 0.6 is 0 Å². The van der Waals surface area contributed by atoms with Gasteiger partial charge in [0.1, 0.15) is 17.8 Å². The minimum absolute atomic E-state index is 0.0147. The Bertz CT molecular complexity index is 927. The van der Waals surface area contributed by atoms with E-state index >= 15 is 0 Å². The van der Waals surface area contributed by atoms with Gasteiger partial charge in [-0.2, -0.15) is 0 Å². The van der Waals surface area contributed by atoms with Crippen LogP contribution in [-0.2, 0) is 0 Å². The molecule has 1 fully saturated rings. The Kier molecular flexibility index (Phi) is 4.75. The molecule has 2 aromatic carbocycles. The van der Waals surface area contributed by atoms with E-state index < -0.39 is 17.5 Å². The zero-order chi connectivity index (χ0) is 19.8. The summed E-state index contributed by atoms with van der Waals surface area (Å²) in [4.78, 5) is 29.4. The van der Waals surface area contributed by atoms with E-state index in [4.69, 9.17) is 0 Å². The first-order valence-electron chi connectivity index (χ1n) is 9.39. The summed E-state index contributed by atoms with van der Waals surface area (Å²) >= 11 is 0. The summed E-state index contributed by atoms with van der Waals surface area (Å²) < 4.78 is 26.7. The topological polar surface area (TPSA) is 52.7 Å². The van der Waals surface area contributed by atoms with Gasteiger partial charge in [0.25, 0.3) is 11.8 Å². The van der Waals surface area contributed by atoms with E-state index in [-0.39, 0.29) is 17.8 Å². The fourth-order valence-corrected chi connectivity index (χ4v) is 4.02. The Morgan fingerprint density at radius 2 is 1.82 bits per heavy atom. The van der Waals surface area contributed by atoms with Crippen molar-refractivity contribution in [2.45, 2.75) is 31.8 Å². The molecule has 0 aliphatic carbocycles. The summed E-state index contributed by atoms with van der Waals surface area (Å²) in [6, 6.07) is 7.73. The molecule has 1 atom stereocenters. The molecule has 2 aliphatic rings. The van der Waals surface area contributed by atoms with Gasteiger partial charge in [-0.15, -0.1) is 0 Å². The largest absolute Gasteiger partial charge is 0.354 e. The molecule has 28 heavy (non-hydrogen) atoms. The highest BCUT2D eigenvalue weighted by molar-refractivity contribution is 6.08. The van der Waals surface area contributed by atoms with E-state index in [1.54, 1.807) is 18.2 Å². The van der Waals surface area contributed by atoms with Crippen LogP contribution in [0.1, 0.15) is 46.4 Å². The van der Waals surface area contributed by atoms with Crippen molar-refractivity contribution in [1.29, 1.82) is 0 Å². The second-order valence-electron chi connectivity index (χ2n) is 7.28. The number of anilines is 2. The number of amides is 2. The molecule has 4 rings (SSSR count). The molecule has 0 unspecified atom stereocenters. The maximum Gasteiger partial charge on any atom is 0.257 e. The van der Waals surface area contributed by atoms with Crippen LogP contribution in [0, 0.1) is 11.6 Å². The molecule has 1 saturated heterocycles. The summed E-state index contributed by atoms with van der Waals surface area (Å²) in [7, 11) is 1.93. The summed E-state index contributed by atoms with van der Waals surface area (Å²) in [5.74, 6) is -2.03. The van der Waals surface area contributed by atoms with E-state index in [0.29, 0.717) is 16.8 Å². The second-order valence-corrected chi connectivity index (χ2v) is 7.28. The average molecular weight is 385 g/mol. The van der Waals surface area contributed by atoms with Gasteiger partial charge >= 0.3 is 0 Å². The Morgan fingerprint density at radius 3 is 2.57 bits per heavy atom. The molecule has 0 radical (unpaired) electrons. The molecule has 1 N–H and O–H groups in total. The predicted molar refractivity (Wildman–Crippen MR) is 102 cm³/mol. The molecule has 0 aromatic heterocycles. The molecule has 146 valence electrons. The number of fused-ring (bicyclic) bond motifs is 2. The van der Waals surface area contributed by atoms with E-state index in [2.05, 4.69) is 5.32 Å². The number of rotatable bonds is 2. The summed E-state index contributed by atoms with van der Waals surface area (Å²) in [6.45, 7) is 0.737. The standard InChI is InChI=1S/C21H21F2N3O2/c1-25-18-9-13(20(27)24-16-11-14(22)10-15(23)12-16)6-7-17(18)21(28)26-8-4-2-3-5-19(25)26/h6-7,9-12,19H,2-5,8H2,1H3,(H,24,27)/t19-/m0/s1. The van der Waals surface area contributed by atoms with Crippen molar-refractivity contribution in [3.05, 3.63) is 59.2 Å². The Labute approximate surface area is 161 Å². The summed E-state index contributed by atoms with van der Waals surface area (Å²) in [5, 5.41) is 2.51. The van der Waals surface area contributed by atoms with Gasteiger partial charge in [-0.3, -0.25) is 9.59 Å². The first-order valence-corrected chi connectivity index (χ1v) is 9.39. The second kappa shape index (κ2) is 7.22. The van der Waals surface area contributed by atoms with Gasteiger partial charge in [0.05, 0.1) is 11.3 Å². The van der Waals surface area contributed by atoms with Gasteiger partial charge in [-0.25, -0.2) is 8.78 Å². The molecule has 0 spiro atoms. The fraction of sp³-hybridized carbons (Fsp3) is 0.333. The minimum Gasteiger partial charge on any atom is -0.354 e. The molecule has 2 heterocycles. The molecule has 0 bridgehead atoms. The number of carbonyl (C=O) groups is 2. The van der Waals surface area contributed by atoms with Crippen LogP contribution in [0.25, 0.3) is 0 Å². The monoisotopic (exact) mass is 385 g/mol. The zero-order valence-electron chi connectivity index (χ0n) is 15.5. The van der Waals surface area contributed by atoms with Crippen molar-refractivity contribution in [2.24, 2.45) is 0 Å². The fourth-order valence-electron chi connectivity index (χ4n) is 4.02. The zero-order valence-corrected chi connectivity index (χ0v) is 15.5. The first kappa shape index (κ1) is 18.4. The number of nitrogens with one attached hydrogen (secondary N) is 1. The van der Waals surface area contributed by atoms with Crippen molar-refractivity contribution >= 4 is 23.2 Å². The number of benzene rings is 2. The number of hydrogen-bond donors (Lipinski definition) is 1. The quantitative estimate of drug-likeness (QED) is 0.850. The van der Waals surface area contributed by atoms with Gasteiger partial charge in [-0.1, -0.05) is 6.42 Å². The lowest BCUT2D eigenvalue weighted by Gasteiger charge is -2.43. The van der Waals surface area contributed by atoms with Crippen LogP contribution in [0.3, 0.4) is 0 Å². The van der Waals surface area contributed by atoms with Crippen molar-refractivity contribution in [1.82, 2.24) is 4.90 Å². The van der Waals surface area contributed by atoms with Crippen molar-refractivity contribution in [2.75, 3.05) is 23.8 Å². The van der Waals surface area contributed by atoms with Crippen LogP contribution in [0.4, 0.5) is 20.2 Å². The molecular formula is C21H21F2N3O2. The number of nitrogens with zero attached hydrogens (tertiary/aromatic N) is 2. The Morgan fingerprint density at radius 1 is 1.07 bits per heavy atom. The minimum atomic E-state index is -0.764.